The quantitative estimate of drug-likeness (QED) is 0.642. The first-order valence-electron chi connectivity index (χ1n) is 6.44. The molecule has 0 bridgehead atoms. The Hall–Kier alpha value is -1.82. The van der Waals surface area contributed by atoms with Crippen molar-refractivity contribution >= 4 is 6.03 Å². The molecule has 0 aliphatic carbocycles. The third kappa shape index (κ3) is 5.44. The van der Waals surface area contributed by atoms with Gasteiger partial charge in [-0.3, -0.25) is 0 Å². The van der Waals surface area contributed by atoms with Crippen molar-refractivity contribution in [1.29, 1.82) is 0 Å². The summed E-state index contributed by atoms with van der Waals surface area (Å²) in [5, 5.41) is 23.2. The van der Waals surface area contributed by atoms with E-state index in [1.54, 1.807) is 0 Å². The summed E-state index contributed by atoms with van der Waals surface area (Å²) in [6.45, 7) is 4.56. The fourth-order valence-corrected chi connectivity index (χ4v) is 1.62. The summed E-state index contributed by atoms with van der Waals surface area (Å²) in [6, 6.07) is 3.60. The molecule has 0 aromatic heterocycles. The van der Waals surface area contributed by atoms with Crippen LogP contribution in [-0.2, 0) is 6.54 Å². The van der Waals surface area contributed by atoms with Crippen molar-refractivity contribution in [3.8, 4) is 5.75 Å². The van der Waals surface area contributed by atoms with Crippen LogP contribution in [0.4, 0.5) is 9.18 Å². The molecule has 1 aromatic carbocycles. The highest BCUT2D eigenvalue weighted by molar-refractivity contribution is 5.73. The topological polar surface area (TPSA) is 81.6 Å². The third-order valence-electron chi connectivity index (χ3n) is 2.98. The number of aliphatic hydroxyl groups excluding tert-OH is 1. The molecule has 0 fully saturated rings. The van der Waals surface area contributed by atoms with Crippen LogP contribution < -0.4 is 10.6 Å². The number of phenolic OH excluding ortho intramolecular Hbond substituents is 1. The summed E-state index contributed by atoms with van der Waals surface area (Å²) in [6.07, 6.45) is 0.594. The molecule has 0 aliphatic rings. The molecular formula is C14H21FN2O3. The Morgan fingerprint density at radius 3 is 2.65 bits per heavy atom. The molecule has 6 heteroatoms. The molecule has 0 aliphatic heterocycles. The average molecular weight is 284 g/mol. The zero-order valence-electron chi connectivity index (χ0n) is 11.7. The van der Waals surface area contributed by atoms with Gasteiger partial charge in [-0.05, 0) is 29.5 Å². The van der Waals surface area contributed by atoms with E-state index in [0.29, 0.717) is 18.5 Å². The number of hydrogen-bond acceptors (Lipinski definition) is 3. The van der Waals surface area contributed by atoms with Crippen LogP contribution in [0.5, 0.6) is 5.75 Å². The second-order valence-electron chi connectivity index (χ2n) is 5.46. The summed E-state index contributed by atoms with van der Waals surface area (Å²) in [7, 11) is 0. The maximum atomic E-state index is 13.1. The Morgan fingerprint density at radius 2 is 2.05 bits per heavy atom. The van der Waals surface area contributed by atoms with Crippen LogP contribution in [0, 0.1) is 11.2 Å². The average Bonchev–Trinajstić information content (AvgIpc) is 2.38. The highest BCUT2D eigenvalue weighted by Crippen LogP contribution is 2.18. The number of phenols is 1. The number of urea groups is 1. The number of benzene rings is 1. The maximum Gasteiger partial charge on any atom is 0.315 e. The standard InChI is InChI=1S/C14H21FN2O3/c1-14(2,5-6-18)9-17-13(20)16-8-10-3-4-12(19)11(15)7-10/h3-4,7,18-19H,5-6,8-9H2,1-2H3,(H2,16,17,20). The number of amides is 2. The smallest absolute Gasteiger partial charge is 0.315 e. The zero-order chi connectivity index (χ0) is 15.2. The molecule has 112 valence electrons. The van der Waals surface area contributed by atoms with Gasteiger partial charge in [0.15, 0.2) is 11.6 Å². The number of rotatable bonds is 6. The number of hydrogen-bond donors (Lipinski definition) is 4. The Balaban J connectivity index is 2.38. The summed E-state index contributed by atoms with van der Waals surface area (Å²) >= 11 is 0. The first kappa shape index (κ1) is 16.2. The van der Waals surface area contributed by atoms with E-state index in [2.05, 4.69) is 10.6 Å². The van der Waals surface area contributed by atoms with E-state index in [9.17, 15) is 9.18 Å². The van der Waals surface area contributed by atoms with Gasteiger partial charge in [0.25, 0.3) is 0 Å². The molecular weight excluding hydrogens is 263 g/mol. The van der Waals surface area contributed by atoms with Gasteiger partial charge in [0.1, 0.15) is 0 Å². The molecule has 0 unspecified atom stereocenters. The normalized spacial score (nSPS) is 11.2. The fraction of sp³-hybridized carbons (Fsp3) is 0.500. The third-order valence-corrected chi connectivity index (χ3v) is 2.98. The van der Waals surface area contributed by atoms with Crippen LogP contribution in [0.1, 0.15) is 25.8 Å². The number of nitrogens with one attached hydrogen (secondary N) is 2. The molecule has 1 rings (SSSR count). The minimum Gasteiger partial charge on any atom is -0.505 e. The molecule has 0 spiro atoms. The van der Waals surface area contributed by atoms with E-state index in [1.807, 2.05) is 13.8 Å². The van der Waals surface area contributed by atoms with Gasteiger partial charge < -0.3 is 20.8 Å². The predicted octanol–water partition coefficient (Wildman–Crippen LogP) is 1.74. The van der Waals surface area contributed by atoms with E-state index in [4.69, 9.17) is 10.2 Å². The van der Waals surface area contributed by atoms with Gasteiger partial charge in [-0.1, -0.05) is 19.9 Å². The highest BCUT2D eigenvalue weighted by Gasteiger charge is 2.17. The fourth-order valence-electron chi connectivity index (χ4n) is 1.62. The number of carbonyl (C=O) groups excluding carboxylic acids is 1. The molecule has 0 saturated carbocycles. The lowest BCUT2D eigenvalue weighted by molar-refractivity contribution is 0.201. The minimum atomic E-state index is -0.714. The van der Waals surface area contributed by atoms with Gasteiger partial charge in [0.2, 0.25) is 0 Å². The molecule has 0 atom stereocenters. The minimum absolute atomic E-state index is 0.0725. The Morgan fingerprint density at radius 1 is 1.35 bits per heavy atom. The lowest BCUT2D eigenvalue weighted by atomic mass is 9.90. The van der Waals surface area contributed by atoms with Gasteiger partial charge in [-0.2, -0.15) is 0 Å². The first-order chi connectivity index (χ1) is 9.34. The second-order valence-corrected chi connectivity index (χ2v) is 5.46. The van der Waals surface area contributed by atoms with E-state index in [-0.39, 0.29) is 24.6 Å². The second kappa shape index (κ2) is 7.09. The highest BCUT2D eigenvalue weighted by atomic mass is 19.1. The van der Waals surface area contributed by atoms with Crippen molar-refractivity contribution in [2.24, 2.45) is 5.41 Å². The van der Waals surface area contributed by atoms with Crippen molar-refractivity contribution < 1.29 is 19.4 Å². The van der Waals surface area contributed by atoms with Gasteiger partial charge in [-0.25, -0.2) is 9.18 Å². The number of carbonyl (C=O) groups is 1. The van der Waals surface area contributed by atoms with Crippen LogP contribution >= 0.6 is 0 Å². The van der Waals surface area contributed by atoms with Crippen LogP contribution in [-0.4, -0.2) is 29.4 Å². The predicted molar refractivity (Wildman–Crippen MR) is 73.8 cm³/mol. The van der Waals surface area contributed by atoms with Crippen molar-refractivity contribution in [3.05, 3.63) is 29.6 Å². The Kier molecular flexibility index (Phi) is 5.76. The molecule has 4 N–H and O–H groups in total. The van der Waals surface area contributed by atoms with Crippen LogP contribution in [0.15, 0.2) is 18.2 Å². The van der Waals surface area contributed by atoms with Crippen molar-refractivity contribution in [3.63, 3.8) is 0 Å². The maximum absolute atomic E-state index is 13.1. The van der Waals surface area contributed by atoms with Gasteiger partial charge in [-0.15, -0.1) is 0 Å². The van der Waals surface area contributed by atoms with Crippen LogP contribution in [0.2, 0.25) is 0 Å². The van der Waals surface area contributed by atoms with Crippen LogP contribution in [0.25, 0.3) is 0 Å². The molecule has 1 aromatic rings. The van der Waals surface area contributed by atoms with Crippen molar-refractivity contribution in [1.82, 2.24) is 10.6 Å². The molecule has 0 radical (unpaired) electrons. The Bertz CT molecular complexity index is 464. The van der Waals surface area contributed by atoms with E-state index >= 15 is 0 Å². The summed E-state index contributed by atoms with van der Waals surface area (Å²) in [5.74, 6) is -1.13. The van der Waals surface area contributed by atoms with Crippen LogP contribution in [0.3, 0.4) is 0 Å². The van der Waals surface area contributed by atoms with Gasteiger partial charge >= 0.3 is 6.03 Å². The zero-order valence-corrected chi connectivity index (χ0v) is 11.7. The largest absolute Gasteiger partial charge is 0.505 e. The molecule has 0 saturated heterocycles. The molecule has 20 heavy (non-hydrogen) atoms. The van der Waals surface area contributed by atoms with Crippen molar-refractivity contribution in [2.75, 3.05) is 13.2 Å². The van der Waals surface area contributed by atoms with E-state index < -0.39 is 11.6 Å². The van der Waals surface area contributed by atoms with E-state index in [1.165, 1.54) is 18.2 Å². The number of aromatic hydroxyl groups is 1. The number of aliphatic hydroxyl groups is 1. The molecule has 2 amide bonds. The Labute approximate surface area is 117 Å². The molecule has 0 heterocycles. The summed E-state index contributed by atoms with van der Waals surface area (Å²) < 4.78 is 13.1. The lowest BCUT2D eigenvalue weighted by Gasteiger charge is -2.23. The monoisotopic (exact) mass is 284 g/mol. The van der Waals surface area contributed by atoms with Crippen molar-refractivity contribution in [2.45, 2.75) is 26.8 Å². The lowest BCUT2D eigenvalue weighted by Crippen LogP contribution is -2.40. The number of halogens is 1. The summed E-state index contributed by atoms with van der Waals surface area (Å²) in [5.41, 5.74) is 0.376. The SMILES string of the molecule is CC(C)(CCO)CNC(=O)NCc1ccc(O)c(F)c1. The first-order valence-corrected chi connectivity index (χ1v) is 6.44. The molecule has 5 nitrogen and oxygen atoms in total. The van der Waals surface area contributed by atoms with E-state index in [0.717, 1.165) is 0 Å². The summed E-state index contributed by atoms with van der Waals surface area (Å²) in [4.78, 5) is 11.6. The van der Waals surface area contributed by atoms with Gasteiger partial charge in [0.05, 0.1) is 0 Å². The van der Waals surface area contributed by atoms with Gasteiger partial charge in [0, 0.05) is 19.7 Å².